The first-order chi connectivity index (χ1) is 11.9. The summed E-state index contributed by atoms with van der Waals surface area (Å²) in [5, 5.41) is 2.65. The van der Waals surface area contributed by atoms with Crippen LogP contribution in [0.25, 0.3) is 0 Å². The molecule has 2 aromatic rings. The number of carbonyl (C=O) groups is 2. The first-order valence-corrected chi connectivity index (χ1v) is 8.98. The number of hydrogen-bond donors (Lipinski definition) is 2. The number of rotatable bonds is 6. The fourth-order valence-corrected chi connectivity index (χ4v) is 2.81. The van der Waals surface area contributed by atoms with Crippen LogP contribution in [-0.4, -0.2) is 33.9 Å². The van der Waals surface area contributed by atoms with Crippen molar-refractivity contribution in [1.29, 1.82) is 0 Å². The number of hydrogen-bond acceptors (Lipinski definition) is 5. The molecule has 2 rings (SSSR count). The van der Waals surface area contributed by atoms with Crippen molar-refractivity contribution < 1.29 is 22.7 Å². The van der Waals surface area contributed by atoms with Crippen LogP contribution in [0.4, 0.5) is 5.69 Å². The Kier molecular flexibility index (Phi) is 5.89. The SMILES string of the molecule is CCOC(=O)c1ccc(NC(=O)c2cccc(S(=O)(=O)NC)c2)cc1. The molecule has 0 aliphatic rings. The normalized spacial score (nSPS) is 11.0. The molecular formula is C17H18N2O5S. The lowest BCUT2D eigenvalue weighted by molar-refractivity contribution is 0.0526. The summed E-state index contributed by atoms with van der Waals surface area (Å²) in [6, 6.07) is 11.9. The zero-order valence-electron chi connectivity index (χ0n) is 13.8. The molecule has 0 atom stereocenters. The molecule has 2 N–H and O–H groups in total. The molecule has 0 fully saturated rings. The van der Waals surface area contributed by atoms with Gasteiger partial charge < -0.3 is 10.1 Å². The molecule has 8 heteroatoms. The Labute approximate surface area is 146 Å². The Hall–Kier alpha value is -2.71. The smallest absolute Gasteiger partial charge is 0.338 e. The number of nitrogens with one attached hydrogen (secondary N) is 2. The zero-order valence-corrected chi connectivity index (χ0v) is 14.6. The molecule has 7 nitrogen and oxygen atoms in total. The van der Waals surface area contributed by atoms with Crippen LogP contribution >= 0.6 is 0 Å². The number of ether oxygens (including phenoxy) is 1. The highest BCUT2D eigenvalue weighted by atomic mass is 32.2. The van der Waals surface area contributed by atoms with Crippen molar-refractivity contribution in [3.63, 3.8) is 0 Å². The van der Waals surface area contributed by atoms with Crippen LogP contribution in [0, 0.1) is 0 Å². The summed E-state index contributed by atoms with van der Waals surface area (Å²) in [6.45, 7) is 2.00. The van der Waals surface area contributed by atoms with Crippen LogP contribution in [0.15, 0.2) is 53.4 Å². The molecule has 132 valence electrons. The van der Waals surface area contributed by atoms with Crippen molar-refractivity contribution in [2.75, 3.05) is 19.0 Å². The summed E-state index contributed by atoms with van der Waals surface area (Å²) in [4.78, 5) is 23.9. The van der Waals surface area contributed by atoms with Gasteiger partial charge >= 0.3 is 5.97 Å². The van der Waals surface area contributed by atoms with Gasteiger partial charge in [-0.3, -0.25) is 4.79 Å². The molecule has 0 bridgehead atoms. The Morgan fingerprint density at radius 2 is 1.72 bits per heavy atom. The molecular weight excluding hydrogens is 344 g/mol. The van der Waals surface area contributed by atoms with Crippen molar-refractivity contribution in [2.24, 2.45) is 0 Å². The number of amides is 1. The molecule has 25 heavy (non-hydrogen) atoms. The minimum absolute atomic E-state index is 0.000286. The highest BCUT2D eigenvalue weighted by Gasteiger charge is 2.14. The minimum Gasteiger partial charge on any atom is -0.462 e. The molecule has 0 aromatic heterocycles. The van der Waals surface area contributed by atoms with Crippen LogP contribution in [0.3, 0.4) is 0 Å². The summed E-state index contributed by atoms with van der Waals surface area (Å²) in [6.07, 6.45) is 0. The Morgan fingerprint density at radius 3 is 2.32 bits per heavy atom. The zero-order chi connectivity index (χ0) is 18.4. The maximum Gasteiger partial charge on any atom is 0.338 e. The van der Waals surface area contributed by atoms with Gasteiger partial charge in [-0.15, -0.1) is 0 Å². The third-order valence-corrected chi connectivity index (χ3v) is 4.74. The third kappa shape index (κ3) is 4.65. The van der Waals surface area contributed by atoms with E-state index in [1.54, 1.807) is 19.1 Å². The maximum atomic E-state index is 12.3. The molecule has 0 saturated heterocycles. The fourth-order valence-electron chi connectivity index (χ4n) is 2.03. The van der Waals surface area contributed by atoms with E-state index in [0.717, 1.165) is 0 Å². The standard InChI is InChI=1S/C17H18N2O5S/c1-3-24-17(21)12-7-9-14(10-8-12)19-16(20)13-5-4-6-15(11-13)25(22,23)18-2/h4-11,18H,3H2,1-2H3,(H,19,20). The predicted octanol–water partition coefficient (Wildman–Crippen LogP) is 2.02. The monoisotopic (exact) mass is 362 g/mol. The van der Waals surface area contributed by atoms with Gasteiger partial charge in [0.2, 0.25) is 10.0 Å². The second kappa shape index (κ2) is 7.91. The maximum absolute atomic E-state index is 12.3. The van der Waals surface area contributed by atoms with Gasteiger partial charge in [-0.1, -0.05) is 6.07 Å². The summed E-state index contributed by atoms with van der Waals surface area (Å²) in [5.41, 5.74) is 1.05. The van der Waals surface area contributed by atoms with Crippen LogP contribution in [-0.2, 0) is 14.8 Å². The Balaban J connectivity index is 2.15. The number of anilines is 1. The molecule has 0 spiro atoms. The molecule has 2 aromatic carbocycles. The van der Waals surface area contributed by atoms with E-state index in [1.807, 2.05) is 0 Å². The molecule has 0 saturated carbocycles. The Bertz CT molecular complexity index is 876. The average molecular weight is 362 g/mol. The lowest BCUT2D eigenvalue weighted by atomic mass is 10.2. The van der Waals surface area contributed by atoms with E-state index in [9.17, 15) is 18.0 Å². The number of carbonyl (C=O) groups excluding carboxylic acids is 2. The number of esters is 1. The fraction of sp³-hybridized carbons (Fsp3) is 0.176. The van der Waals surface area contributed by atoms with Crippen molar-refractivity contribution in [3.8, 4) is 0 Å². The second-order valence-electron chi connectivity index (χ2n) is 4.99. The minimum atomic E-state index is -3.63. The first-order valence-electron chi connectivity index (χ1n) is 7.49. The van der Waals surface area contributed by atoms with Gasteiger partial charge in [0.15, 0.2) is 0 Å². The van der Waals surface area contributed by atoms with Crippen LogP contribution in [0.5, 0.6) is 0 Å². The molecule has 0 radical (unpaired) electrons. The lowest BCUT2D eigenvalue weighted by Crippen LogP contribution is -2.19. The largest absolute Gasteiger partial charge is 0.462 e. The topological polar surface area (TPSA) is 102 Å². The van der Waals surface area contributed by atoms with E-state index in [2.05, 4.69) is 10.0 Å². The lowest BCUT2D eigenvalue weighted by Gasteiger charge is -2.08. The summed E-state index contributed by atoms with van der Waals surface area (Å²) in [7, 11) is -2.33. The van der Waals surface area contributed by atoms with Gasteiger partial charge in [-0.05, 0) is 56.4 Å². The predicted molar refractivity (Wildman–Crippen MR) is 93.0 cm³/mol. The second-order valence-corrected chi connectivity index (χ2v) is 6.87. The van der Waals surface area contributed by atoms with E-state index in [-0.39, 0.29) is 17.1 Å². The van der Waals surface area contributed by atoms with Gasteiger partial charge in [-0.25, -0.2) is 17.9 Å². The van der Waals surface area contributed by atoms with Crippen LogP contribution in [0.1, 0.15) is 27.6 Å². The van der Waals surface area contributed by atoms with Gasteiger partial charge in [-0.2, -0.15) is 0 Å². The van der Waals surface area contributed by atoms with Crippen molar-refractivity contribution in [3.05, 3.63) is 59.7 Å². The molecule has 0 heterocycles. The summed E-state index contributed by atoms with van der Waals surface area (Å²) >= 11 is 0. The number of sulfonamides is 1. The van der Waals surface area contributed by atoms with E-state index in [4.69, 9.17) is 4.74 Å². The van der Waals surface area contributed by atoms with Crippen molar-refractivity contribution >= 4 is 27.6 Å². The molecule has 0 aliphatic heterocycles. The van der Waals surface area contributed by atoms with E-state index < -0.39 is 21.9 Å². The third-order valence-electron chi connectivity index (χ3n) is 3.33. The van der Waals surface area contributed by atoms with Crippen LogP contribution < -0.4 is 10.0 Å². The van der Waals surface area contributed by atoms with Gasteiger partial charge in [0, 0.05) is 11.3 Å². The Morgan fingerprint density at radius 1 is 1.04 bits per heavy atom. The quantitative estimate of drug-likeness (QED) is 0.766. The highest BCUT2D eigenvalue weighted by Crippen LogP contribution is 2.15. The molecule has 0 unspecified atom stereocenters. The highest BCUT2D eigenvalue weighted by molar-refractivity contribution is 7.89. The van der Waals surface area contributed by atoms with Crippen molar-refractivity contribution in [1.82, 2.24) is 4.72 Å². The van der Waals surface area contributed by atoms with E-state index in [0.29, 0.717) is 11.3 Å². The van der Waals surface area contributed by atoms with Gasteiger partial charge in [0.05, 0.1) is 17.1 Å². The summed E-state index contributed by atoms with van der Waals surface area (Å²) < 4.78 is 30.7. The summed E-state index contributed by atoms with van der Waals surface area (Å²) in [5.74, 6) is -0.901. The van der Waals surface area contributed by atoms with E-state index in [1.165, 1.54) is 43.4 Å². The van der Waals surface area contributed by atoms with Crippen LogP contribution in [0.2, 0.25) is 0 Å². The van der Waals surface area contributed by atoms with E-state index >= 15 is 0 Å². The van der Waals surface area contributed by atoms with Gasteiger partial charge in [0.25, 0.3) is 5.91 Å². The average Bonchev–Trinajstić information content (AvgIpc) is 2.62. The van der Waals surface area contributed by atoms with Crippen molar-refractivity contribution in [2.45, 2.75) is 11.8 Å². The molecule has 0 aliphatic carbocycles. The first kappa shape index (κ1) is 18.6. The van der Waals surface area contributed by atoms with Gasteiger partial charge in [0.1, 0.15) is 0 Å². The number of benzene rings is 2. The molecule has 1 amide bonds.